The Bertz CT molecular complexity index is 2480. The number of rotatable bonds is 41. The molecular formula is C58H84F3N9O12. The van der Waals surface area contributed by atoms with Gasteiger partial charge < -0.3 is 57.4 Å². The molecule has 3 saturated heterocycles. The number of ether oxygens (including phenoxy) is 9. The molecule has 0 radical (unpaired) electrons. The van der Waals surface area contributed by atoms with Crippen molar-refractivity contribution in [3.63, 3.8) is 0 Å². The molecule has 5 heterocycles. The molecule has 7 rings (SSSR count). The Morgan fingerprint density at radius 1 is 0.659 bits per heavy atom. The molecule has 3 fully saturated rings. The number of fused-ring (bicyclic) bond motifs is 2. The maximum absolute atomic E-state index is 13.6. The number of halogens is 3. The number of unbranched alkanes of at least 4 members (excludes halogenated alkanes) is 1. The van der Waals surface area contributed by atoms with E-state index < -0.39 is 29.2 Å². The second-order valence-electron chi connectivity index (χ2n) is 21.1. The second kappa shape index (κ2) is 35.0. The van der Waals surface area contributed by atoms with Crippen molar-refractivity contribution in [2.24, 2.45) is 5.92 Å². The van der Waals surface area contributed by atoms with Gasteiger partial charge in [0.1, 0.15) is 17.5 Å². The van der Waals surface area contributed by atoms with Gasteiger partial charge in [-0.15, -0.1) is 15.3 Å². The zero-order valence-electron chi connectivity index (χ0n) is 47.9. The molecule has 82 heavy (non-hydrogen) atoms. The lowest BCUT2D eigenvalue weighted by atomic mass is 9.94. The summed E-state index contributed by atoms with van der Waals surface area (Å²) in [7, 11) is 0. The Hall–Kier alpha value is -5.44. The molecule has 3 aliphatic rings. The van der Waals surface area contributed by atoms with Crippen LogP contribution in [0.25, 0.3) is 0 Å². The quantitative estimate of drug-likeness (QED) is 0.0300. The maximum Gasteiger partial charge on any atom is 0.313 e. The number of amides is 2. The lowest BCUT2D eigenvalue weighted by molar-refractivity contribution is -0.143. The van der Waals surface area contributed by atoms with Crippen LogP contribution in [0.1, 0.15) is 113 Å². The monoisotopic (exact) mass is 1160 g/mol. The van der Waals surface area contributed by atoms with Gasteiger partial charge in [0.2, 0.25) is 17.6 Å². The lowest BCUT2D eigenvalue weighted by Gasteiger charge is -2.41. The first kappa shape index (κ1) is 64.1. The summed E-state index contributed by atoms with van der Waals surface area (Å²) < 4.78 is 92.8. The van der Waals surface area contributed by atoms with Crippen LogP contribution in [0.3, 0.4) is 0 Å². The number of esters is 1. The number of aryl methyl sites for hydroxylation is 2. The van der Waals surface area contributed by atoms with E-state index in [1.54, 1.807) is 4.68 Å². The van der Waals surface area contributed by atoms with E-state index >= 15 is 0 Å². The van der Waals surface area contributed by atoms with Crippen molar-refractivity contribution in [3.8, 4) is 5.75 Å². The number of likely N-dealkylation sites (tertiary alicyclic amines) is 1. The van der Waals surface area contributed by atoms with Crippen LogP contribution in [0.4, 0.5) is 13.2 Å². The molecular weight excluding hydrogens is 1070 g/mol. The van der Waals surface area contributed by atoms with Gasteiger partial charge in [-0.05, 0) is 63.9 Å². The number of nitrogens with one attached hydrogen (secondary N) is 1. The minimum atomic E-state index is -1.30. The smallest absolute Gasteiger partial charge is 0.313 e. The Labute approximate surface area is 479 Å². The van der Waals surface area contributed by atoms with Crippen LogP contribution in [-0.2, 0) is 65.2 Å². The lowest BCUT2D eigenvalue weighted by Crippen LogP contribution is -2.56. The molecule has 2 bridgehead atoms. The highest BCUT2D eigenvalue weighted by molar-refractivity contribution is 5.84. The topological polar surface area (TPSA) is 214 Å². The molecule has 0 saturated carbocycles. The van der Waals surface area contributed by atoms with Gasteiger partial charge in [0.15, 0.2) is 11.6 Å². The fourth-order valence-corrected chi connectivity index (χ4v) is 10.5. The van der Waals surface area contributed by atoms with Gasteiger partial charge in [0.05, 0.1) is 136 Å². The number of benzene rings is 2. The van der Waals surface area contributed by atoms with Gasteiger partial charge in [-0.25, -0.2) is 17.9 Å². The first-order chi connectivity index (χ1) is 39.9. The number of hydrogen-bond donors (Lipinski definition) is 1. The highest BCUT2D eigenvalue weighted by Gasteiger charge is 2.43. The maximum atomic E-state index is 13.6. The summed E-state index contributed by atoms with van der Waals surface area (Å²) in [4.78, 5) is 42.9. The Morgan fingerprint density at radius 3 is 1.77 bits per heavy atom. The Balaban J connectivity index is 0.611. The average molecular weight is 1160 g/mol. The van der Waals surface area contributed by atoms with Crippen molar-refractivity contribution in [1.82, 2.24) is 44.9 Å². The molecule has 3 aliphatic heterocycles. The van der Waals surface area contributed by atoms with E-state index in [4.69, 9.17) is 37.9 Å². The normalized spacial score (nSPS) is 17.6. The summed E-state index contributed by atoms with van der Waals surface area (Å²) in [5.41, 5.74) is 1.99. The summed E-state index contributed by atoms with van der Waals surface area (Å²) >= 11 is 0. The number of nitrogens with zero attached hydrogens (tertiary/aromatic N) is 8. The van der Waals surface area contributed by atoms with E-state index in [1.807, 2.05) is 29.3 Å². The first-order valence-electron chi connectivity index (χ1n) is 29.1. The molecule has 2 amide bonds. The van der Waals surface area contributed by atoms with Gasteiger partial charge >= 0.3 is 5.97 Å². The highest BCUT2D eigenvalue weighted by atomic mass is 19.1. The van der Waals surface area contributed by atoms with Gasteiger partial charge in [-0.1, -0.05) is 49.4 Å². The third-order valence-electron chi connectivity index (χ3n) is 14.8. The summed E-state index contributed by atoms with van der Waals surface area (Å²) in [5.74, 6) is -3.26. The van der Waals surface area contributed by atoms with Crippen LogP contribution >= 0.6 is 0 Å². The Kier molecular flexibility index (Phi) is 27.4. The van der Waals surface area contributed by atoms with Crippen LogP contribution in [0, 0.1) is 30.3 Å². The SMILES string of the molecule is Cc1nnc(C(C)C)n1C1CC2CCC(C1)N2CC[C@H](NC(=O)C1CN(C(=O)CCCCc2cn(CCOCCOCCOCCOCCOCCOCCOCCOCCC(=O)Oc3c(F)cc(F)cc3F)nn2)C1)c1ccccc1. The molecule has 2 aromatic carbocycles. The van der Waals surface area contributed by atoms with E-state index in [9.17, 15) is 27.6 Å². The summed E-state index contributed by atoms with van der Waals surface area (Å²) in [5, 5.41) is 20.9. The van der Waals surface area contributed by atoms with Crippen molar-refractivity contribution in [1.29, 1.82) is 0 Å². The standard InChI is InChI=1S/C58H84F3N9O12/c1-42(2)57-65-63-43(3)70(57)50-37-48-13-14-49(38-50)69(48)17-15-53(44-9-5-4-6-10-44)62-58(73)45-39-67(40-45)54(71)12-8-7-11-47-41-68(66-64-47)18-20-75-22-24-77-26-28-79-30-32-81-34-33-80-31-29-78-27-25-76-23-21-74-19-16-55(72)82-56-51(60)35-46(59)36-52(56)61/h4-6,9-10,35-36,41-42,45,48-50,53H,7-8,11-34,37-40H2,1-3H3,(H,62,73)/t48?,49?,50?,53-/m0/s1. The number of hydrogen-bond acceptors (Lipinski definition) is 17. The van der Waals surface area contributed by atoms with Gasteiger partial charge in [-0.3, -0.25) is 19.3 Å². The van der Waals surface area contributed by atoms with Crippen molar-refractivity contribution in [2.45, 2.75) is 122 Å². The van der Waals surface area contributed by atoms with Crippen LogP contribution in [0.2, 0.25) is 0 Å². The Morgan fingerprint density at radius 2 is 1.21 bits per heavy atom. The van der Waals surface area contributed by atoms with Crippen LogP contribution < -0.4 is 10.1 Å². The largest absolute Gasteiger partial charge is 0.420 e. The minimum absolute atomic E-state index is 0.0217. The summed E-state index contributed by atoms with van der Waals surface area (Å²) in [6, 6.07) is 12.5. The van der Waals surface area contributed by atoms with Gasteiger partial charge in [-0.2, -0.15) is 0 Å². The predicted molar refractivity (Wildman–Crippen MR) is 293 cm³/mol. The third-order valence-corrected chi connectivity index (χ3v) is 14.8. The molecule has 2 aromatic heterocycles. The minimum Gasteiger partial charge on any atom is -0.420 e. The van der Waals surface area contributed by atoms with Crippen molar-refractivity contribution in [3.05, 3.63) is 89.0 Å². The number of carbonyl (C=O) groups is 3. The van der Waals surface area contributed by atoms with E-state index in [1.165, 1.54) is 12.8 Å². The molecule has 0 aliphatic carbocycles. The van der Waals surface area contributed by atoms with Gasteiger partial charge in [0.25, 0.3) is 0 Å². The van der Waals surface area contributed by atoms with Crippen LogP contribution in [-0.4, -0.2) is 195 Å². The van der Waals surface area contributed by atoms with E-state index in [2.05, 4.69) is 72.9 Å². The molecule has 2 unspecified atom stereocenters. The molecule has 0 spiro atoms. The first-order valence-corrected chi connectivity index (χ1v) is 29.1. The zero-order chi connectivity index (χ0) is 57.9. The molecule has 3 atom stereocenters. The fourth-order valence-electron chi connectivity index (χ4n) is 10.5. The number of aromatic nitrogens is 6. The van der Waals surface area contributed by atoms with Crippen molar-refractivity contribution >= 4 is 17.8 Å². The van der Waals surface area contributed by atoms with Crippen LogP contribution in [0.5, 0.6) is 5.75 Å². The molecule has 24 heteroatoms. The second-order valence-corrected chi connectivity index (χ2v) is 21.1. The van der Waals surface area contributed by atoms with Gasteiger partial charge in [0, 0.05) is 68.4 Å². The average Bonchev–Trinajstić information content (AvgIpc) is 4.36. The van der Waals surface area contributed by atoms with E-state index in [0.29, 0.717) is 148 Å². The van der Waals surface area contributed by atoms with E-state index in [-0.39, 0.29) is 50.0 Å². The molecule has 21 nitrogen and oxygen atoms in total. The summed E-state index contributed by atoms with van der Waals surface area (Å²) in [6.45, 7) is 14.7. The summed E-state index contributed by atoms with van der Waals surface area (Å²) in [6.07, 6.45) is 9.83. The highest BCUT2D eigenvalue weighted by Crippen LogP contribution is 2.42. The third kappa shape index (κ3) is 21.0. The van der Waals surface area contributed by atoms with E-state index in [0.717, 1.165) is 68.0 Å². The molecule has 4 aromatic rings. The fraction of sp³-hybridized carbons (Fsp3) is 0.672. The predicted octanol–water partition coefficient (Wildman–Crippen LogP) is 6.13. The van der Waals surface area contributed by atoms with Crippen LogP contribution in [0.15, 0.2) is 48.7 Å². The molecule has 454 valence electrons. The number of piperidine rings is 1. The molecule has 1 N–H and O–H groups in total. The van der Waals surface area contributed by atoms with Crippen molar-refractivity contribution in [2.75, 3.05) is 125 Å². The number of carbonyl (C=O) groups excluding carboxylic acids is 3. The zero-order valence-corrected chi connectivity index (χ0v) is 47.9. The van der Waals surface area contributed by atoms with Crippen molar-refractivity contribution < 1.29 is 70.2 Å².